The Morgan fingerprint density at radius 2 is 1.28 bits per heavy atom. The van der Waals surface area contributed by atoms with Crippen LogP contribution in [0.4, 0.5) is 0 Å². The van der Waals surface area contributed by atoms with Crippen LogP contribution in [-0.2, 0) is 38.7 Å². The van der Waals surface area contributed by atoms with Gasteiger partial charge in [-0.1, -0.05) is 120 Å². The van der Waals surface area contributed by atoms with E-state index in [1.165, 1.54) is 5.56 Å². The number of ether oxygens (including phenoxy) is 1. The molecule has 2 atom stereocenters. The molecule has 0 saturated heterocycles. The number of rotatable bonds is 12. The molecule has 0 bridgehead atoms. The van der Waals surface area contributed by atoms with Gasteiger partial charge in [0, 0.05) is 17.5 Å². The summed E-state index contributed by atoms with van der Waals surface area (Å²) in [6.45, 7) is 5.52. The summed E-state index contributed by atoms with van der Waals surface area (Å²) in [4.78, 5) is 0.187. The molecule has 0 spiro atoms. The maximum absolute atomic E-state index is 13.4. The van der Waals surface area contributed by atoms with Crippen LogP contribution in [0.5, 0.6) is 0 Å². The average Bonchev–Trinajstić information content (AvgIpc) is 2.97. The van der Waals surface area contributed by atoms with Gasteiger partial charge in [0.1, 0.15) is 10.0 Å². The molecule has 0 radical (unpaired) electrons. The summed E-state index contributed by atoms with van der Waals surface area (Å²) < 4.78 is 37.2. The molecule has 0 aliphatic heterocycles. The number of halogens is 1. The van der Waals surface area contributed by atoms with Crippen LogP contribution in [0, 0.1) is 13.8 Å². The van der Waals surface area contributed by atoms with Gasteiger partial charge in [0.2, 0.25) is 0 Å². The monoisotopic (exact) mass is 650 g/mol. The molecule has 0 aromatic heterocycles. The van der Waals surface area contributed by atoms with Gasteiger partial charge in [-0.3, -0.25) is 0 Å². The van der Waals surface area contributed by atoms with Crippen LogP contribution in [0.3, 0.4) is 0 Å². The van der Waals surface area contributed by atoms with Crippen LogP contribution in [0.25, 0.3) is 4.72 Å². The van der Waals surface area contributed by atoms with Crippen LogP contribution in [0.15, 0.2) is 114 Å². The molecule has 1 N–H and O–H groups in total. The Hall–Kier alpha value is -2.38. The molecular formula is C31H33ClN2O3RuS+. The number of benzene rings is 4. The zero-order valence-electron chi connectivity index (χ0n) is 22.0. The van der Waals surface area contributed by atoms with Crippen LogP contribution < -0.4 is 5.32 Å². The number of sulfonamides is 1. The molecule has 0 unspecified atom stereocenters. The van der Waals surface area contributed by atoms with E-state index >= 15 is 0 Å². The van der Waals surface area contributed by atoms with Crippen LogP contribution in [-0.4, -0.2) is 21.6 Å². The molecule has 0 saturated carbocycles. The molecule has 5 nitrogen and oxygen atoms in total. The summed E-state index contributed by atoms with van der Waals surface area (Å²) in [5.41, 5.74) is 5.10. The second-order valence-corrected chi connectivity index (χ2v) is 10.8. The fourth-order valence-electron chi connectivity index (χ4n) is 4.12. The van der Waals surface area contributed by atoms with E-state index in [1.54, 1.807) is 24.3 Å². The van der Waals surface area contributed by atoms with Gasteiger partial charge >= 0.3 is 27.0 Å². The number of aryl methyl sites for hydroxylation is 2. The molecule has 4 aromatic carbocycles. The fraction of sp³-hybridized carbons (Fsp3) is 0.226. The van der Waals surface area contributed by atoms with Crippen LogP contribution >= 0.6 is 9.69 Å². The molecule has 0 fully saturated rings. The average molecular weight is 650 g/mol. The molecule has 4 aromatic rings. The molecule has 39 heavy (non-hydrogen) atoms. The van der Waals surface area contributed by atoms with Crippen molar-refractivity contribution >= 4 is 19.7 Å². The van der Waals surface area contributed by atoms with E-state index in [2.05, 4.69) is 50.9 Å². The second-order valence-electron chi connectivity index (χ2n) is 9.13. The SMILES string of the molecule is Cc1ccc(COCCN[C@H](c2ccccc2)[C@H]([N-]S(=O)(=O)c2ccc(C)cc2)c2ccccc2)cc1.[Cl][Ru+2]. The first-order valence-corrected chi connectivity index (χ1v) is 16.2. The molecule has 0 aliphatic rings. The van der Waals surface area contributed by atoms with Crippen molar-refractivity contribution in [2.24, 2.45) is 0 Å². The quantitative estimate of drug-likeness (QED) is 0.129. The molecule has 0 aliphatic carbocycles. The standard InChI is InChI=1S/C31H33N2O3S.ClH.Ru/c1-24-13-17-26(18-14-24)23-36-22-21-32-30(27-9-5-3-6-10-27)31(28-11-7-4-8-12-28)33-37(34,35)29-19-15-25(2)16-20-29;;/h3-20,30-32H,21-23H2,1-2H3;1H;/q-1;;+3/p-1/t30-,31-;;/m1../s1. The van der Waals surface area contributed by atoms with Gasteiger partial charge in [-0.05, 0) is 37.1 Å². The minimum atomic E-state index is -3.90. The molecular weight excluding hydrogens is 617 g/mol. The summed E-state index contributed by atoms with van der Waals surface area (Å²) in [7, 11) is 0.670. The number of nitrogens with zero attached hydrogens (tertiary/aromatic N) is 1. The first-order valence-electron chi connectivity index (χ1n) is 12.6. The Kier molecular flexibility index (Phi) is 12.8. The third-order valence-corrected chi connectivity index (χ3v) is 7.56. The van der Waals surface area contributed by atoms with Crippen molar-refractivity contribution in [1.82, 2.24) is 5.32 Å². The zero-order chi connectivity index (χ0) is 28.1. The number of hydrogen-bond acceptors (Lipinski definition) is 4. The van der Waals surface area contributed by atoms with Crippen molar-refractivity contribution in [2.45, 2.75) is 37.4 Å². The molecule has 0 amide bonds. The van der Waals surface area contributed by atoms with E-state index in [-0.39, 0.29) is 10.9 Å². The fourth-order valence-corrected chi connectivity index (χ4v) is 5.26. The second kappa shape index (κ2) is 16.0. The van der Waals surface area contributed by atoms with Gasteiger partial charge in [-0.25, -0.2) is 8.42 Å². The van der Waals surface area contributed by atoms with Crippen LogP contribution in [0.2, 0.25) is 0 Å². The maximum atomic E-state index is 13.4. The van der Waals surface area contributed by atoms with E-state index in [0.717, 1.165) is 22.3 Å². The third-order valence-electron chi connectivity index (χ3n) is 6.19. The summed E-state index contributed by atoms with van der Waals surface area (Å²) in [5, 5.41) is 3.53. The Balaban J connectivity index is 0.00000205. The normalized spacial score (nSPS) is 12.7. The van der Waals surface area contributed by atoms with E-state index in [4.69, 9.17) is 4.74 Å². The molecule has 8 heteroatoms. The van der Waals surface area contributed by atoms with E-state index in [1.807, 2.05) is 84.9 Å². The Morgan fingerprint density at radius 1 is 0.769 bits per heavy atom. The van der Waals surface area contributed by atoms with Crippen molar-refractivity contribution in [2.75, 3.05) is 13.2 Å². The third kappa shape index (κ3) is 9.64. The molecule has 205 valence electrons. The summed E-state index contributed by atoms with van der Waals surface area (Å²) in [6, 6.07) is 33.5. The van der Waals surface area contributed by atoms with E-state index in [0.29, 0.717) is 19.8 Å². The minimum absolute atomic E-state index is 0.187. The van der Waals surface area contributed by atoms with Crippen molar-refractivity contribution in [1.29, 1.82) is 0 Å². The van der Waals surface area contributed by atoms with Gasteiger partial charge in [0.25, 0.3) is 0 Å². The predicted molar refractivity (Wildman–Crippen MR) is 155 cm³/mol. The summed E-state index contributed by atoms with van der Waals surface area (Å²) >= 11 is 1.82. The van der Waals surface area contributed by atoms with Gasteiger partial charge in [0.05, 0.1) is 13.2 Å². The summed E-state index contributed by atoms with van der Waals surface area (Å²) in [5.74, 6) is 0. The Labute approximate surface area is 246 Å². The molecule has 0 heterocycles. The van der Waals surface area contributed by atoms with E-state index in [9.17, 15) is 8.42 Å². The topological polar surface area (TPSA) is 69.5 Å². The van der Waals surface area contributed by atoms with Crippen molar-refractivity contribution in [3.05, 3.63) is 142 Å². The van der Waals surface area contributed by atoms with E-state index < -0.39 is 16.1 Å². The Morgan fingerprint density at radius 3 is 1.85 bits per heavy atom. The van der Waals surface area contributed by atoms with Gasteiger partial charge in [-0.15, -0.1) is 0 Å². The van der Waals surface area contributed by atoms with Crippen molar-refractivity contribution in [3.63, 3.8) is 0 Å². The predicted octanol–water partition coefficient (Wildman–Crippen LogP) is 7.34. The first kappa shape index (κ1) is 31.2. The van der Waals surface area contributed by atoms with Gasteiger partial charge < -0.3 is 14.8 Å². The molecule has 4 rings (SSSR count). The number of hydrogen-bond donors (Lipinski definition) is 1. The van der Waals surface area contributed by atoms with Crippen molar-refractivity contribution < 1.29 is 30.5 Å². The first-order chi connectivity index (χ1) is 18.9. The zero-order valence-corrected chi connectivity index (χ0v) is 25.3. The van der Waals surface area contributed by atoms with Crippen LogP contribution in [0.1, 0.15) is 39.9 Å². The van der Waals surface area contributed by atoms with Gasteiger partial charge in [-0.2, -0.15) is 0 Å². The van der Waals surface area contributed by atoms with Gasteiger partial charge in [0.15, 0.2) is 0 Å². The van der Waals surface area contributed by atoms with Crippen molar-refractivity contribution in [3.8, 4) is 0 Å². The Bertz CT molecular complexity index is 1350. The summed E-state index contributed by atoms with van der Waals surface area (Å²) in [6.07, 6.45) is 0. The number of nitrogens with one attached hydrogen (secondary N) is 1.